The first kappa shape index (κ1) is 24.5. The Labute approximate surface area is 195 Å². The number of amides is 1. The van der Waals surface area contributed by atoms with Gasteiger partial charge >= 0.3 is 5.97 Å². The zero-order valence-corrected chi connectivity index (χ0v) is 20.3. The number of nitrogens with zero attached hydrogens (tertiary/aromatic N) is 2. The molecule has 3 aromatic rings. The molecule has 0 saturated carbocycles. The number of ether oxygens (including phenoxy) is 3. The van der Waals surface area contributed by atoms with Crippen LogP contribution < -0.4 is 14.3 Å². The number of benzene rings is 2. The first-order valence-corrected chi connectivity index (χ1v) is 12.6. The molecule has 1 heterocycles. The summed E-state index contributed by atoms with van der Waals surface area (Å²) >= 11 is 1.12. The number of carbonyl (C=O) groups is 2. The van der Waals surface area contributed by atoms with Gasteiger partial charge in [0, 0.05) is 17.9 Å². The first-order chi connectivity index (χ1) is 15.7. The largest absolute Gasteiger partial charge is 0.497 e. The molecule has 1 aromatic heterocycles. The summed E-state index contributed by atoms with van der Waals surface area (Å²) in [5, 5.41) is 0. The van der Waals surface area contributed by atoms with Crippen LogP contribution in [0.3, 0.4) is 0 Å². The van der Waals surface area contributed by atoms with Crippen LogP contribution in [0.5, 0.6) is 11.5 Å². The molecule has 176 valence electrons. The Morgan fingerprint density at radius 3 is 2.48 bits per heavy atom. The molecule has 0 aliphatic carbocycles. The molecule has 0 fully saturated rings. The second-order valence-electron chi connectivity index (χ2n) is 7.04. The Hall–Kier alpha value is -3.18. The number of thiazole rings is 1. The quantitative estimate of drug-likeness (QED) is 0.444. The fourth-order valence-corrected chi connectivity index (χ4v) is 4.97. The van der Waals surface area contributed by atoms with E-state index < -0.39 is 21.7 Å². The molecule has 0 aliphatic rings. The van der Waals surface area contributed by atoms with Gasteiger partial charge in [0.25, 0.3) is 5.91 Å². The maximum absolute atomic E-state index is 12.8. The Morgan fingerprint density at radius 2 is 1.85 bits per heavy atom. The van der Waals surface area contributed by atoms with Crippen molar-refractivity contribution in [2.45, 2.75) is 24.8 Å². The fraction of sp³-hybridized carbons (Fsp3) is 0.318. The van der Waals surface area contributed by atoms with Gasteiger partial charge in [-0.15, -0.1) is 0 Å². The van der Waals surface area contributed by atoms with Crippen LogP contribution in [0.2, 0.25) is 0 Å². The molecule has 1 amide bonds. The van der Waals surface area contributed by atoms with Gasteiger partial charge in [0.1, 0.15) is 18.0 Å². The van der Waals surface area contributed by atoms with Gasteiger partial charge in [0.05, 0.1) is 42.4 Å². The van der Waals surface area contributed by atoms with E-state index >= 15 is 0 Å². The Bertz CT molecular complexity index is 1370. The van der Waals surface area contributed by atoms with Crippen molar-refractivity contribution in [3.05, 3.63) is 46.8 Å². The van der Waals surface area contributed by atoms with Crippen molar-refractivity contribution >= 4 is 43.3 Å². The number of fused-ring (bicyclic) bond motifs is 1. The smallest absolute Gasteiger partial charge is 0.326 e. The van der Waals surface area contributed by atoms with Crippen LogP contribution in [0.25, 0.3) is 10.2 Å². The third-order valence-electron chi connectivity index (χ3n) is 4.73. The van der Waals surface area contributed by atoms with Gasteiger partial charge in [-0.05, 0) is 31.2 Å². The molecule has 33 heavy (non-hydrogen) atoms. The molecule has 2 aromatic carbocycles. The van der Waals surface area contributed by atoms with Crippen LogP contribution in [0.1, 0.15) is 12.5 Å². The molecule has 9 nitrogen and oxygen atoms in total. The lowest BCUT2D eigenvalue weighted by atomic mass is 10.1. The monoisotopic (exact) mass is 492 g/mol. The standard InChI is InChI=1S/C22H24N2O7S2/c1-5-31-21(26)13-24-17-9-8-16(33(4,27)28)12-19(17)32-22(24)23-20(25)10-14-6-7-15(29-2)11-18(14)30-3/h6-9,11-12H,5,10,13H2,1-4H3. The van der Waals surface area contributed by atoms with E-state index in [1.54, 1.807) is 35.8 Å². The molecule has 0 saturated heterocycles. The fourth-order valence-electron chi connectivity index (χ4n) is 3.17. The maximum Gasteiger partial charge on any atom is 0.326 e. The van der Waals surface area contributed by atoms with Crippen molar-refractivity contribution in [2.75, 3.05) is 27.1 Å². The number of rotatable bonds is 8. The zero-order valence-electron chi connectivity index (χ0n) is 18.7. The molecule has 0 aliphatic heterocycles. The molecule has 3 rings (SSSR count). The van der Waals surface area contributed by atoms with E-state index in [0.717, 1.165) is 17.6 Å². The number of aromatic nitrogens is 1. The highest BCUT2D eigenvalue weighted by atomic mass is 32.2. The molecule has 0 bridgehead atoms. The van der Waals surface area contributed by atoms with Gasteiger partial charge in [0.15, 0.2) is 14.6 Å². The molecule has 0 radical (unpaired) electrons. The summed E-state index contributed by atoms with van der Waals surface area (Å²) in [5.41, 5.74) is 1.21. The average molecular weight is 493 g/mol. The van der Waals surface area contributed by atoms with Crippen LogP contribution >= 0.6 is 11.3 Å². The minimum absolute atomic E-state index is 0.0323. The number of esters is 1. The molecule has 11 heteroatoms. The molecule has 0 spiro atoms. The number of methoxy groups -OCH3 is 2. The van der Waals surface area contributed by atoms with Gasteiger partial charge in [0.2, 0.25) is 0 Å². The van der Waals surface area contributed by atoms with E-state index in [-0.39, 0.29) is 29.3 Å². The van der Waals surface area contributed by atoms with Gasteiger partial charge < -0.3 is 18.8 Å². The maximum atomic E-state index is 12.8. The third kappa shape index (κ3) is 5.79. The average Bonchev–Trinajstić information content (AvgIpc) is 3.09. The predicted octanol–water partition coefficient (Wildman–Crippen LogP) is 2.36. The van der Waals surface area contributed by atoms with Gasteiger partial charge in [-0.1, -0.05) is 17.4 Å². The predicted molar refractivity (Wildman–Crippen MR) is 123 cm³/mol. The summed E-state index contributed by atoms with van der Waals surface area (Å²) < 4.78 is 41.6. The minimum Gasteiger partial charge on any atom is -0.497 e. The first-order valence-electron chi connectivity index (χ1n) is 9.93. The summed E-state index contributed by atoms with van der Waals surface area (Å²) in [6.07, 6.45) is 1.08. The topological polar surface area (TPSA) is 113 Å². The van der Waals surface area contributed by atoms with Crippen molar-refractivity contribution in [1.82, 2.24) is 4.57 Å². The summed E-state index contributed by atoms with van der Waals surface area (Å²) in [6, 6.07) is 9.68. The van der Waals surface area contributed by atoms with Crippen LogP contribution in [0.15, 0.2) is 46.3 Å². The summed E-state index contributed by atoms with van der Waals surface area (Å²) in [4.78, 5) is 29.6. The lowest BCUT2D eigenvalue weighted by Gasteiger charge is -2.09. The molecular weight excluding hydrogens is 468 g/mol. The summed E-state index contributed by atoms with van der Waals surface area (Å²) in [7, 11) is -0.389. The number of sulfone groups is 1. The number of carbonyl (C=O) groups excluding carboxylic acids is 2. The highest BCUT2D eigenvalue weighted by molar-refractivity contribution is 7.90. The Balaban J connectivity index is 2.05. The van der Waals surface area contributed by atoms with Gasteiger partial charge in [-0.3, -0.25) is 9.59 Å². The lowest BCUT2D eigenvalue weighted by Crippen LogP contribution is -2.23. The van der Waals surface area contributed by atoms with Crippen LogP contribution in [0, 0.1) is 0 Å². The zero-order chi connectivity index (χ0) is 24.2. The highest BCUT2D eigenvalue weighted by Gasteiger charge is 2.16. The molecule has 0 atom stereocenters. The third-order valence-corrected chi connectivity index (χ3v) is 6.88. The van der Waals surface area contributed by atoms with Crippen LogP contribution in [0.4, 0.5) is 0 Å². The van der Waals surface area contributed by atoms with E-state index in [4.69, 9.17) is 14.2 Å². The van der Waals surface area contributed by atoms with Crippen molar-refractivity contribution in [2.24, 2.45) is 4.99 Å². The summed E-state index contributed by atoms with van der Waals surface area (Å²) in [6.45, 7) is 1.75. The van der Waals surface area contributed by atoms with Crippen molar-refractivity contribution in [1.29, 1.82) is 0 Å². The molecular formula is C22H24N2O7S2. The van der Waals surface area contributed by atoms with Crippen molar-refractivity contribution in [3.63, 3.8) is 0 Å². The van der Waals surface area contributed by atoms with E-state index in [1.807, 2.05) is 0 Å². The van der Waals surface area contributed by atoms with Crippen LogP contribution in [-0.4, -0.2) is 51.9 Å². The van der Waals surface area contributed by atoms with E-state index in [2.05, 4.69) is 4.99 Å². The second kappa shape index (κ2) is 10.2. The molecule has 0 N–H and O–H groups in total. The number of hydrogen-bond acceptors (Lipinski definition) is 8. The minimum atomic E-state index is -3.42. The van der Waals surface area contributed by atoms with Crippen molar-refractivity contribution in [3.8, 4) is 11.5 Å². The SMILES string of the molecule is CCOC(=O)Cn1c(=NC(=O)Cc2ccc(OC)cc2OC)sc2cc(S(C)(=O)=O)ccc21. The second-order valence-corrected chi connectivity index (χ2v) is 10.1. The molecule has 0 unspecified atom stereocenters. The number of hydrogen-bond donors (Lipinski definition) is 0. The van der Waals surface area contributed by atoms with E-state index in [0.29, 0.717) is 27.3 Å². The van der Waals surface area contributed by atoms with E-state index in [1.165, 1.54) is 26.4 Å². The Kier molecular flexibility index (Phi) is 7.54. The van der Waals surface area contributed by atoms with E-state index in [9.17, 15) is 18.0 Å². The van der Waals surface area contributed by atoms with Crippen LogP contribution in [-0.2, 0) is 37.1 Å². The normalized spacial score (nSPS) is 12.1. The van der Waals surface area contributed by atoms with Gasteiger partial charge in [-0.2, -0.15) is 4.99 Å². The van der Waals surface area contributed by atoms with Gasteiger partial charge in [-0.25, -0.2) is 8.42 Å². The Morgan fingerprint density at radius 1 is 1.09 bits per heavy atom. The summed E-state index contributed by atoms with van der Waals surface area (Å²) in [5.74, 6) is 0.144. The lowest BCUT2D eigenvalue weighted by molar-refractivity contribution is -0.143. The van der Waals surface area contributed by atoms with Crippen molar-refractivity contribution < 1.29 is 32.2 Å². The highest BCUT2D eigenvalue weighted by Crippen LogP contribution is 2.25.